The van der Waals surface area contributed by atoms with Gasteiger partial charge in [-0.25, -0.2) is 8.42 Å². The molecule has 2 N–H and O–H groups in total. The first kappa shape index (κ1) is 21.2. The summed E-state index contributed by atoms with van der Waals surface area (Å²) in [6.45, 7) is 1.73. The number of nitrogens with one attached hydrogen (secondary N) is 2. The first-order chi connectivity index (χ1) is 14.3. The Labute approximate surface area is 175 Å². The second-order valence-electron chi connectivity index (χ2n) is 6.47. The van der Waals surface area contributed by atoms with Gasteiger partial charge < -0.3 is 14.8 Å². The number of sulfonamides is 1. The van der Waals surface area contributed by atoms with Gasteiger partial charge in [-0.15, -0.1) is 0 Å². The minimum atomic E-state index is -3.84. The van der Waals surface area contributed by atoms with E-state index in [9.17, 15) is 13.2 Å². The smallest absolute Gasteiger partial charge is 0.261 e. The average molecular weight is 426 g/mol. The van der Waals surface area contributed by atoms with Gasteiger partial charge in [0.1, 0.15) is 0 Å². The molecule has 0 bridgehead atoms. The van der Waals surface area contributed by atoms with Crippen molar-refractivity contribution in [1.29, 1.82) is 0 Å². The van der Waals surface area contributed by atoms with Gasteiger partial charge in [0.2, 0.25) is 0 Å². The lowest BCUT2D eigenvalue weighted by atomic mass is 10.1. The topological polar surface area (TPSA) is 93.7 Å². The molecule has 7 nitrogen and oxygen atoms in total. The van der Waals surface area contributed by atoms with Gasteiger partial charge in [-0.05, 0) is 55.0 Å². The molecule has 3 aromatic rings. The first-order valence-corrected chi connectivity index (χ1v) is 10.5. The molecule has 156 valence electrons. The second kappa shape index (κ2) is 8.87. The van der Waals surface area contributed by atoms with E-state index >= 15 is 0 Å². The van der Waals surface area contributed by atoms with Gasteiger partial charge in [0, 0.05) is 17.3 Å². The molecule has 1 amide bonds. The highest BCUT2D eigenvalue weighted by Gasteiger charge is 2.17. The maximum atomic E-state index is 12.8. The number of hydrogen-bond donors (Lipinski definition) is 2. The van der Waals surface area contributed by atoms with Crippen LogP contribution in [0.3, 0.4) is 0 Å². The van der Waals surface area contributed by atoms with E-state index in [-0.39, 0.29) is 10.8 Å². The predicted molar refractivity (Wildman–Crippen MR) is 116 cm³/mol. The Morgan fingerprint density at radius 2 is 1.57 bits per heavy atom. The summed E-state index contributed by atoms with van der Waals surface area (Å²) in [4.78, 5) is 12.4. The molecule has 0 atom stereocenters. The Hall–Kier alpha value is -3.52. The molecular weight excluding hydrogens is 404 g/mol. The van der Waals surface area contributed by atoms with Crippen LogP contribution in [-0.4, -0.2) is 28.5 Å². The van der Waals surface area contributed by atoms with Gasteiger partial charge in [0.05, 0.1) is 24.8 Å². The summed E-state index contributed by atoms with van der Waals surface area (Å²) in [5.41, 5.74) is 2.01. The number of methoxy groups -OCH3 is 2. The van der Waals surface area contributed by atoms with Crippen LogP contribution < -0.4 is 19.5 Å². The van der Waals surface area contributed by atoms with Gasteiger partial charge in [-0.3, -0.25) is 9.52 Å². The second-order valence-corrected chi connectivity index (χ2v) is 8.15. The first-order valence-electron chi connectivity index (χ1n) is 9.06. The Balaban J connectivity index is 1.80. The van der Waals surface area contributed by atoms with Crippen LogP contribution >= 0.6 is 0 Å². The molecule has 0 saturated heterocycles. The summed E-state index contributed by atoms with van der Waals surface area (Å²) >= 11 is 0. The highest BCUT2D eigenvalue weighted by atomic mass is 32.2. The van der Waals surface area contributed by atoms with Crippen LogP contribution in [-0.2, 0) is 10.0 Å². The number of aryl methyl sites for hydroxylation is 1. The van der Waals surface area contributed by atoms with Crippen molar-refractivity contribution in [3.63, 3.8) is 0 Å². The van der Waals surface area contributed by atoms with Crippen LogP contribution in [0.15, 0.2) is 71.6 Å². The summed E-state index contributed by atoms with van der Waals surface area (Å²) in [5, 5.41) is 2.80. The van der Waals surface area contributed by atoms with E-state index in [0.29, 0.717) is 34.0 Å². The molecule has 3 rings (SSSR count). The van der Waals surface area contributed by atoms with E-state index in [4.69, 9.17) is 9.47 Å². The normalized spacial score (nSPS) is 10.9. The fraction of sp³-hybridized carbons (Fsp3) is 0.136. The SMILES string of the molecule is COc1ccc(NS(=O)(=O)c2ccc(NC(=O)c3ccccc3)c(C)c2)cc1OC. The lowest BCUT2D eigenvalue weighted by Crippen LogP contribution is -2.15. The molecule has 0 radical (unpaired) electrons. The third-order valence-corrected chi connectivity index (χ3v) is 5.81. The zero-order valence-corrected chi connectivity index (χ0v) is 17.6. The Morgan fingerprint density at radius 3 is 2.20 bits per heavy atom. The number of ether oxygens (including phenoxy) is 2. The molecule has 0 aliphatic heterocycles. The monoisotopic (exact) mass is 426 g/mol. The lowest BCUT2D eigenvalue weighted by Gasteiger charge is -2.13. The van der Waals surface area contributed by atoms with Crippen molar-refractivity contribution in [3.8, 4) is 11.5 Å². The number of carbonyl (C=O) groups is 1. The summed E-state index contributed by atoms with van der Waals surface area (Å²) in [6, 6.07) is 18.0. The van der Waals surface area contributed by atoms with Gasteiger partial charge in [0.15, 0.2) is 11.5 Å². The molecule has 0 spiro atoms. The fourth-order valence-corrected chi connectivity index (χ4v) is 3.98. The van der Waals surface area contributed by atoms with Crippen LogP contribution in [0, 0.1) is 6.92 Å². The Bertz CT molecular complexity index is 1160. The quantitative estimate of drug-likeness (QED) is 0.594. The Kier molecular flexibility index (Phi) is 6.27. The van der Waals surface area contributed by atoms with Crippen molar-refractivity contribution in [3.05, 3.63) is 77.9 Å². The number of rotatable bonds is 7. The van der Waals surface area contributed by atoms with Crippen molar-refractivity contribution in [1.82, 2.24) is 0 Å². The van der Waals surface area contributed by atoms with Gasteiger partial charge in [0.25, 0.3) is 15.9 Å². The molecule has 0 aliphatic rings. The molecule has 0 aromatic heterocycles. The maximum Gasteiger partial charge on any atom is 0.261 e. The highest BCUT2D eigenvalue weighted by molar-refractivity contribution is 7.92. The standard InChI is InChI=1S/C22H22N2O5S/c1-15-13-18(10-11-19(15)23-22(25)16-7-5-4-6-8-16)30(26,27)24-17-9-12-20(28-2)21(14-17)29-3/h4-14,24H,1-3H3,(H,23,25). The van der Waals surface area contributed by atoms with Crippen LogP contribution in [0.2, 0.25) is 0 Å². The molecule has 0 aliphatic carbocycles. The van der Waals surface area contributed by atoms with Crippen molar-refractivity contribution in [2.45, 2.75) is 11.8 Å². The van der Waals surface area contributed by atoms with E-state index in [1.165, 1.54) is 32.4 Å². The highest BCUT2D eigenvalue weighted by Crippen LogP contribution is 2.31. The predicted octanol–water partition coefficient (Wildman–Crippen LogP) is 4.07. The Morgan fingerprint density at radius 1 is 0.867 bits per heavy atom. The van der Waals surface area contributed by atoms with E-state index in [0.717, 1.165) is 0 Å². The molecule has 0 fully saturated rings. The van der Waals surface area contributed by atoms with Crippen molar-refractivity contribution in [2.24, 2.45) is 0 Å². The zero-order chi connectivity index (χ0) is 21.7. The summed E-state index contributed by atoms with van der Waals surface area (Å²) < 4.78 is 38.5. The van der Waals surface area contributed by atoms with Gasteiger partial charge in [-0.2, -0.15) is 0 Å². The number of anilines is 2. The lowest BCUT2D eigenvalue weighted by molar-refractivity contribution is 0.102. The molecule has 3 aromatic carbocycles. The number of carbonyl (C=O) groups excluding carboxylic acids is 1. The minimum absolute atomic E-state index is 0.0764. The van der Waals surface area contributed by atoms with Crippen molar-refractivity contribution >= 4 is 27.3 Å². The van der Waals surface area contributed by atoms with E-state index in [1.807, 2.05) is 6.07 Å². The third-order valence-electron chi connectivity index (χ3n) is 4.43. The number of benzene rings is 3. The molecule has 0 heterocycles. The van der Waals surface area contributed by atoms with Crippen molar-refractivity contribution < 1.29 is 22.7 Å². The van der Waals surface area contributed by atoms with Crippen LogP contribution in [0.1, 0.15) is 15.9 Å². The maximum absolute atomic E-state index is 12.8. The van der Waals surface area contributed by atoms with Crippen LogP contribution in [0.5, 0.6) is 11.5 Å². The third kappa shape index (κ3) is 4.72. The fourth-order valence-electron chi connectivity index (χ4n) is 2.84. The number of hydrogen-bond acceptors (Lipinski definition) is 5. The molecule has 0 unspecified atom stereocenters. The van der Waals surface area contributed by atoms with Crippen LogP contribution in [0.25, 0.3) is 0 Å². The van der Waals surface area contributed by atoms with E-state index < -0.39 is 10.0 Å². The molecular formula is C22H22N2O5S. The van der Waals surface area contributed by atoms with E-state index in [1.54, 1.807) is 49.4 Å². The molecule has 8 heteroatoms. The van der Waals surface area contributed by atoms with Gasteiger partial charge in [-0.1, -0.05) is 18.2 Å². The number of amides is 1. The summed E-state index contributed by atoms with van der Waals surface area (Å²) in [7, 11) is -0.860. The summed E-state index contributed by atoms with van der Waals surface area (Å²) in [5.74, 6) is 0.639. The van der Waals surface area contributed by atoms with Gasteiger partial charge >= 0.3 is 0 Å². The average Bonchev–Trinajstić information content (AvgIpc) is 2.75. The van der Waals surface area contributed by atoms with Crippen molar-refractivity contribution in [2.75, 3.05) is 24.3 Å². The summed E-state index contributed by atoms with van der Waals surface area (Å²) in [6.07, 6.45) is 0. The molecule has 0 saturated carbocycles. The minimum Gasteiger partial charge on any atom is -0.493 e. The van der Waals surface area contributed by atoms with E-state index in [2.05, 4.69) is 10.0 Å². The zero-order valence-electron chi connectivity index (χ0n) is 16.8. The molecule has 30 heavy (non-hydrogen) atoms. The largest absolute Gasteiger partial charge is 0.493 e. The van der Waals surface area contributed by atoms with Crippen LogP contribution in [0.4, 0.5) is 11.4 Å².